The summed E-state index contributed by atoms with van der Waals surface area (Å²) in [6.45, 7) is 2.14. The Balaban J connectivity index is 2.40. The fourth-order valence-corrected chi connectivity index (χ4v) is 1.92. The van der Waals surface area contributed by atoms with Crippen LogP contribution in [0.3, 0.4) is 0 Å². The molecule has 0 radical (unpaired) electrons. The predicted molar refractivity (Wildman–Crippen MR) is 89.0 cm³/mol. The van der Waals surface area contributed by atoms with Crippen LogP contribution in [0.25, 0.3) is 0 Å². The second-order valence-electron chi connectivity index (χ2n) is 5.43. The first-order valence-electron chi connectivity index (χ1n) is 7.68. The van der Waals surface area contributed by atoms with Gasteiger partial charge in [-0.15, -0.1) is 0 Å². The van der Waals surface area contributed by atoms with Gasteiger partial charge in [-0.1, -0.05) is 38.3 Å². The molecule has 0 unspecified atom stereocenters. The Morgan fingerprint density at radius 3 is 2.41 bits per heavy atom. The minimum atomic E-state index is -0.0632. The van der Waals surface area contributed by atoms with E-state index in [1.165, 1.54) is 4.90 Å². The summed E-state index contributed by atoms with van der Waals surface area (Å²) in [7, 11) is 3.43. The zero-order valence-electron chi connectivity index (χ0n) is 13.6. The summed E-state index contributed by atoms with van der Waals surface area (Å²) in [6.07, 6.45) is 6.38. The number of rotatable bonds is 8. The third-order valence-electron chi connectivity index (χ3n) is 3.22. The number of hydrogen-bond donors (Lipinski definition) is 1. The van der Waals surface area contributed by atoms with Gasteiger partial charge in [-0.05, 0) is 24.1 Å². The molecule has 1 rings (SSSR count). The van der Waals surface area contributed by atoms with Crippen LogP contribution in [-0.2, 0) is 4.79 Å². The normalized spacial score (nSPS) is 10.7. The quantitative estimate of drug-likeness (QED) is 0.456. The van der Waals surface area contributed by atoms with E-state index in [0.717, 1.165) is 31.2 Å². The Hall–Kier alpha value is -2.17. The summed E-state index contributed by atoms with van der Waals surface area (Å²) in [4.78, 5) is 24.8. The first kappa shape index (κ1) is 17.9. The Morgan fingerprint density at radius 1 is 1.14 bits per heavy atom. The number of amides is 2. The third kappa shape index (κ3) is 6.52. The number of hydrogen-bond acceptors (Lipinski definition) is 3. The molecule has 0 fully saturated rings. The van der Waals surface area contributed by atoms with Crippen LogP contribution in [0.2, 0.25) is 0 Å². The summed E-state index contributed by atoms with van der Waals surface area (Å²) in [5.41, 5.74) is 3.98. The number of unbranched alkanes of at least 4 members (excludes halogenated alkanes) is 3. The summed E-state index contributed by atoms with van der Waals surface area (Å²) < 4.78 is 0. The van der Waals surface area contributed by atoms with Crippen LogP contribution < -0.4 is 5.43 Å². The maximum Gasteiger partial charge on any atom is 0.253 e. The van der Waals surface area contributed by atoms with Crippen LogP contribution in [0.15, 0.2) is 29.4 Å². The molecule has 22 heavy (non-hydrogen) atoms. The van der Waals surface area contributed by atoms with Crippen LogP contribution >= 0.6 is 0 Å². The molecule has 0 aliphatic heterocycles. The molecule has 2 amide bonds. The average molecular weight is 303 g/mol. The van der Waals surface area contributed by atoms with Crippen molar-refractivity contribution in [3.05, 3.63) is 35.4 Å². The number of nitrogens with zero attached hydrogens (tertiary/aromatic N) is 2. The lowest BCUT2D eigenvalue weighted by Gasteiger charge is -2.09. The second-order valence-corrected chi connectivity index (χ2v) is 5.43. The van der Waals surface area contributed by atoms with E-state index in [1.807, 2.05) is 0 Å². The van der Waals surface area contributed by atoms with Gasteiger partial charge in [0.2, 0.25) is 5.91 Å². The zero-order chi connectivity index (χ0) is 16.4. The van der Waals surface area contributed by atoms with Crippen LogP contribution in [0, 0.1) is 0 Å². The van der Waals surface area contributed by atoms with E-state index in [1.54, 1.807) is 44.6 Å². The maximum absolute atomic E-state index is 11.7. The Morgan fingerprint density at radius 2 is 1.82 bits per heavy atom. The van der Waals surface area contributed by atoms with Gasteiger partial charge in [0.25, 0.3) is 5.91 Å². The van der Waals surface area contributed by atoms with Crippen LogP contribution in [0.4, 0.5) is 0 Å². The number of carbonyl (C=O) groups excluding carboxylic acids is 2. The van der Waals surface area contributed by atoms with E-state index in [2.05, 4.69) is 17.5 Å². The molecule has 0 spiro atoms. The highest BCUT2D eigenvalue weighted by Crippen LogP contribution is 2.05. The van der Waals surface area contributed by atoms with Crippen molar-refractivity contribution in [1.29, 1.82) is 0 Å². The Kier molecular flexibility index (Phi) is 7.89. The van der Waals surface area contributed by atoms with Crippen molar-refractivity contribution in [3.8, 4) is 0 Å². The molecule has 1 aromatic carbocycles. The second kappa shape index (κ2) is 9.71. The molecule has 0 atom stereocenters. The molecule has 0 aliphatic rings. The first-order chi connectivity index (χ1) is 10.5. The van der Waals surface area contributed by atoms with Gasteiger partial charge < -0.3 is 4.90 Å². The zero-order valence-corrected chi connectivity index (χ0v) is 13.6. The van der Waals surface area contributed by atoms with Gasteiger partial charge in [0, 0.05) is 26.1 Å². The molecular formula is C17H25N3O2. The lowest BCUT2D eigenvalue weighted by atomic mass is 10.1. The van der Waals surface area contributed by atoms with E-state index >= 15 is 0 Å². The molecule has 0 heterocycles. The van der Waals surface area contributed by atoms with Gasteiger partial charge in [-0.25, -0.2) is 5.43 Å². The van der Waals surface area contributed by atoms with Crippen molar-refractivity contribution in [2.45, 2.75) is 39.0 Å². The smallest absolute Gasteiger partial charge is 0.253 e. The van der Waals surface area contributed by atoms with E-state index in [9.17, 15) is 9.59 Å². The van der Waals surface area contributed by atoms with Gasteiger partial charge in [-0.3, -0.25) is 9.59 Å². The van der Waals surface area contributed by atoms with Crippen molar-refractivity contribution in [2.24, 2.45) is 5.10 Å². The summed E-state index contributed by atoms with van der Waals surface area (Å²) in [6, 6.07) is 7.09. The van der Waals surface area contributed by atoms with E-state index in [-0.39, 0.29) is 11.8 Å². The lowest BCUT2D eigenvalue weighted by molar-refractivity contribution is -0.121. The Bertz CT molecular complexity index is 507. The largest absolute Gasteiger partial charge is 0.345 e. The highest BCUT2D eigenvalue weighted by atomic mass is 16.2. The van der Waals surface area contributed by atoms with Crippen molar-refractivity contribution in [3.63, 3.8) is 0 Å². The molecule has 0 saturated carbocycles. The van der Waals surface area contributed by atoms with Gasteiger partial charge in [0.1, 0.15) is 0 Å². The van der Waals surface area contributed by atoms with Crippen LogP contribution in [0.5, 0.6) is 0 Å². The van der Waals surface area contributed by atoms with Gasteiger partial charge in [0.15, 0.2) is 0 Å². The molecule has 1 N–H and O–H groups in total. The van der Waals surface area contributed by atoms with Crippen molar-refractivity contribution in [2.75, 3.05) is 14.1 Å². The van der Waals surface area contributed by atoms with Crippen molar-refractivity contribution < 1.29 is 9.59 Å². The van der Waals surface area contributed by atoms with Gasteiger partial charge >= 0.3 is 0 Å². The molecule has 0 aliphatic carbocycles. The van der Waals surface area contributed by atoms with Gasteiger partial charge in [-0.2, -0.15) is 5.10 Å². The van der Waals surface area contributed by atoms with Crippen molar-refractivity contribution >= 4 is 18.0 Å². The van der Waals surface area contributed by atoms with E-state index in [0.29, 0.717) is 12.0 Å². The third-order valence-corrected chi connectivity index (χ3v) is 3.22. The monoisotopic (exact) mass is 303 g/mol. The first-order valence-corrected chi connectivity index (χ1v) is 7.68. The number of hydrazone groups is 1. The highest BCUT2D eigenvalue weighted by Gasteiger charge is 2.06. The topological polar surface area (TPSA) is 61.8 Å². The molecule has 0 bridgehead atoms. The summed E-state index contributed by atoms with van der Waals surface area (Å²) >= 11 is 0. The molecule has 120 valence electrons. The van der Waals surface area contributed by atoms with Crippen LogP contribution in [-0.4, -0.2) is 37.0 Å². The molecule has 5 nitrogen and oxygen atoms in total. The number of nitrogens with one attached hydrogen (secondary N) is 1. The van der Waals surface area contributed by atoms with E-state index < -0.39 is 0 Å². The summed E-state index contributed by atoms with van der Waals surface area (Å²) in [5, 5.41) is 3.93. The number of benzene rings is 1. The maximum atomic E-state index is 11.7. The fourth-order valence-electron chi connectivity index (χ4n) is 1.92. The average Bonchev–Trinajstić information content (AvgIpc) is 2.51. The van der Waals surface area contributed by atoms with E-state index in [4.69, 9.17) is 0 Å². The van der Waals surface area contributed by atoms with Crippen molar-refractivity contribution in [1.82, 2.24) is 10.3 Å². The molecule has 0 aromatic heterocycles. The Labute approximate surface area is 132 Å². The fraction of sp³-hybridized carbons (Fsp3) is 0.471. The predicted octanol–water partition coefficient (Wildman–Crippen LogP) is 2.81. The SMILES string of the molecule is CCCCCCC(=O)N/N=C/c1ccc(C(=O)N(C)C)cc1. The molecule has 1 aromatic rings. The lowest BCUT2D eigenvalue weighted by Crippen LogP contribution is -2.21. The molecular weight excluding hydrogens is 278 g/mol. The summed E-state index contributed by atoms with van der Waals surface area (Å²) in [5.74, 6) is -0.101. The highest BCUT2D eigenvalue weighted by molar-refractivity contribution is 5.94. The van der Waals surface area contributed by atoms with Crippen LogP contribution in [0.1, 0.15) is 54.9 Å². The standard InChI is InChI=1S/C17H25N3O2/c1-4-5-6-7-8-16(21)19-18-13-14-9-11-15(12-10-14)17(22)20(2)3/h9-13H,4-8H2,1-3H3,(H,19,21)/b18-13+. The minimum Gasteiger partial charge on any atom is -0.345 e. The molecule has 0 saturated heterocycles. The minimum absolute atomic E-state index is 0.0381. The van der Waals surface area contributed by atoms with Gasteiger partial charge in [0.05, 0.1) is 6.21 Å². The molecule has 5 heteroatoms. The number of carbonyl (C=O) groups is 2.